The Bertz CT molecular complexity index is 606. The Hall–Kier alpha value is -2.13. The van der Waals surface area contributed by atoms with E-state index >= 15 is 0 Å². The summed E-state index contributed by atoms with van der Waals surface area (Å²) in [7, 11) is 0. The Balaban J connectivity index is 1.84. The fraction of sp³-hybridized carbons (Fsp3) is 0.278. The van der Waals surface area contributed by atoms with Gasteiger partial charge in [0.2, 0.25) is 5.91 Å². The molecule has 3 heteroatoms. The van der Waals surface area contributed by atoms with Crippen LogP contribution in [0.3, 0.4) is 0 Å². The molecule has 0 unspecified atom stereocenters. The van der Waals surface area contributed by atoms with Crippen molar-refractivity contribution in [2.24, 2.45) is 0 Å². The molecule has 0 fully saturated rings. The van der Waals surface area contributed by atoms with Gasteiger partial charge in [0.25, 0.3) is 0 Å². The fourth-order valence-electron chi connectivity index (χ4n) is 3.04. The highest BCUT2D eigenvalue weighted by molar-refractivity contribution is 5.84. The molecule has 0 radical (unpaired) electrons. The predicted octanol–water partition coefficient (Wildman–Crippen LogP) is 2.69. The third kappa shape index (κ3) is 2.69. The smallest absolute Gasteiger partial charge is 0.220 e. The molecule has 0 aromatic heterocycles. The van der Waals surface area contributed by atoms with E-state index < -0.39 is 0 Å². The molecular formula is C18H19NO2. The maximum atomic E-state index is 12.1. The highest BCUT2D eigenvalue weighted by atomic mass is 16.3. The summed E-state index contributed by atoms with van der Waals surface area (Å²) in [5.41, 5.74) is 4.94. The van der Waals surface area contributed by atoms with Crippen LogP contribution in [0.25, 0.3) is 11.1 Å². The lowest BCUT2D eigenvalue weighted by atomic mass is 9.93. The number of hydrogen-bond acceptors (Lipinski definition) is 2. The number of nitrogens with one attached hydrogen (secondary N) is 1. The monoisotopic (exact) mass is 281 g/mol. The Morgan fingerprint density at radius 3 is 2.14 bits per heavy atom. The molecule has 108 valence electrons. The Morgan fingerprint density at radius 1 is 1.00 bits per heavy atom. The van der Waals surface area contributed by atoms with Gasteiger partial charge in [-0.2, -0.15) is 0 Å². The van der Waals surface area contributed by atoms with Crippen LogP contribution in [-0.2, 0) is 4.79 Å². The summed E-state index contributed by atoms with van der Waals surface area (Å²) in [6.45, 7) is 0.640. The van der Waals surface area contributed by atoms with Gasteiger partial charge in [-0.15, -0.1) is 0 Å². The largest absolute Gasteiger partial charge is 0.396 e. The number of carbonyl (C=O) groups excluding carboxylic acids is 1. The molecular weight excluding hydrogens is 262 g/mol. The summed E-state index contributed by atoms with van der Waals surface area (Å²) >= 11 is 0. The number of carbonyl (C=O) groups is 1. The molecule has 1 aliphatic carbocycles. The number of aliphatic hydroxyl groups excluding tert-OH is 1. The van der Waals surface area contributed by atoms with E-state index in [1.54, 1.807) is 0 Å². The molecule has 3 rings (SSSR count). The number of amides is 1. The van der Waals surface area contributed by atoms with Crippen molar-refractivity contribution in [1.82, 2.24) is 5.32 Å². The van der Waals surface area contributed by atoms with Gasteiger partial charge in [-0.05, 0) is 28.7 Å². The number of rotatable bonds is 5. The Labute approximate surface area is 124 Å². The van der Waals surface area contributed by atoms with Crippen LogP contribution in [0.4, 0.5) is 0 Å². The molecule has 1 amide bonds. The second-order valence-electron chi connectivity index (χ2n) is 5.36. The van der Waals surface area contributed by atoms with Crippen LogP contribution in [0, 0.1) is 0 Å². The SMILES string of the molecule is O=C(CC1c2ccccc2-c2ccccc21)NCCCO. The fourth-order valence-corrected chi connectivity index (χ4v) is 3.04. The molecule has 2 aromatic carbocycles. The minimum Gasteiger partial charge on any atom is -0.396 e. The third-order valence-electron chi connectivity index (χ3n) is 4.01. The minimum absolute atomic E-state index is 0.0416. The molecule has 0 bridgehead atoms. The lowest BCUT2D eigenvalue weighted by molar-refractivity contribution is -0.121. The number of benzene rings is 2. The van der Waals surface area contributed by atoms with Gasteiger partial charge < -0.3 is 10.4 Å². The standard InChI is InChI=1S/C18H19NO2/c20-11-5-10-19-18(21)12-17-15-8-3-1-6-13(15)14-7-2-4-9-16(14)17/h1-4,6-9,17,20H,5,10-12H2,(H,19,21). The molecule has 0 saturated carbocycles. The molecule has 2 aromatic rings. The van der Waals surface area contributed by atoms with Gasteiger partial charge in [0.15, 0.2) is 0 Å². The molecule has 1 aliphatic rings. The van der Waals surface area contributed by atoms with E-state index in [2.05, 4.69) is 29.6 Å². The molecule has 0 saturated heterocycles. The predicted molar refractivity (Wildman–Crippen MR) is 83.1 cm³/mol. The van der Waals surface area contributed by atoms with Crippen LogP contribution < -0.4 is 5.32 Å². The molecule has 0 heterocycles. The molecule has 0 spiro atoms. The minimum atomic E-state index is 0.0416. The summed E-state index contributed by atoms with van der Waals surface area (Å²) < 4.78 is 0. The first-order chi connectivity index (χ1) is 10.3. The van der Waals surface area contributed by atoms with Crippen LogP contribution in [0.1, 0.15) is 29.9 Å². The summed E-state index contributed by atoms with van der Waals surface area (Å²) in [4.78, 5) is 12.1. The maximum absolute atomic E-state index is 12.1. The Morgan fingerprint density at radius 2 is 1.57 bits per heavy atom. The van der Waals surface area contributed by atoms with Gasteiger partial charge in [0, 0.05) is 25.5 Å². The highest BCUT2D eigenvalue weighted by Gasteiger charge is 2.29. The molecule has 0 atom stereocenters. The van der Waals surface area contributed by atoms with Crippen LogP contribution >= 0.6 is 0 Å². The number of fused-ring (bicyclic) bond motifs is 3. The topological polar surface area (TPSA) is 49.3 Å². The van der Waals surface area contributed by atoms with Crippen molar-refractivity contribution in [2.75, 3.05) is 13.2 Å². The zero-order chi connectivity index (χ0) is 14.7. The zero-order valence-corrected chi connectivity index (χ0v) is 11.9. The quantitative estimate of drug-likeness (QED) is 0.828. The first-order valence-corrected chi connectivity index (χ1v) is 7.37. The summed E-state index contributed by atoms with van der Waals surface area (Å²) in [5.74, 6) is 0.173. The first-order valence-electron chi connectivity index (χ1n) is 7.37. The molecule has 2 N–H and O–H groups in total. The molecule has 3 nitrogen and oxygen atoms in total. The van der Waals surface area contributed by atoms with Gasteiger partial charge in [-0.1, -0.05) is 48.5 Å². The molecule has 21 heavy (non-hydrogen) atoms. The van der Waals surface area contributed by atoms with Gasteiger partial charge >= 0.3 is 0 Å². The summed E-state index contributed by atoms with van der Waals surface area (Å²) in [5, 5.41) is 11.6. The van der Waals surface area contributed by atoms with E-state index in [-0.39, 0.29) is 18.4 Å². The van der Waals surface area contributed by atoms with E-state index in [1.165, 1.54) is 22.3 Å². The number of aliphatic hydroxyl groups is 1. The normalized spacial score (nSPS) is 12.8. The average Bonchev–Trinajstić information content (AvgIpc) is 2.83. The van der Waals surface area contributed by atoms with Crippen molar-refractivity contribution in [2.45, 2.75) is 18.8 Å². The van der Waals surface area contributed by atoms with Gasteiger partial charge in [-0.25, -0.2) is 0 Å². The van der Waals surface area contributed by atoms with Crippen molar-refractivity contribution in [3.63, 3.8) is 0 Å². The van der Waals surface area contributed by atoms with Gasteiger partial charge in [-0.3, -0.25) is 4.79 Å². The first kappa shape index (κ1) is 13.8. The van der Waals surface area contributed by atoms with E-state index in [9.17, 15) is 4.79 Å². The van der Waals surface area contributed by atoms with E-state index in [0.29, 0.717) is 19.4 Å². The second-order valence-corrected chi connectivity index (χ2v) is 5.36. The zero-order valence-electron chi connectivity index (χ0n) is 11.9. The van der Waals surface area contributed by atoms with Gasteiger partial charge in [0.05, 0.1) is 0 Å². The second kappa shape index (κ2) is 6.10. The van der Waals surface area contributed by atoms with Crippen LogP contribution in [0.15, 0.2) is 48.5 Å². The van der Waals surface area contributed by atoms with Crippen molar-refractivity contribution < 1.29 is 9.90 Å². The Kier molecular flexibility index (Phi) is 4.02. The van der Waals surface area contributed by atoms with Crippen molar-refractivity contribution in [3.05, 3.63) is 59.7 Å². The van der Waals surface area contributed by atoms with Crippen LogP contribution in [0.2, 0.25) is 0 Å². The summed E-state index contributed by atoms with van der Waals surface area (Å²) in [6.07, 6.45) is 1.06. The summed E-state index contributed by atoms with van der Waals surface area (Å²) in [6, 6.07) is 16.6. The van der Waals surface area contributed by atoms with E-state index in [4.69, 9.17) is 5.11 Å². The van der Waals surface area contributed by atoms with E-state index in [0.717, 1.165) is 0 Å². The third-order valence-corrected chi connectivity index (χ3v) is 4.01. The lowest BCUT2D eigenvalue weighted by Crippen LogP contribution is -2.26. The lowest BCUT2D eigenvalue weighted by Gasteiger charge is -2.13. The van der Waals surface area contributed by atoms with E-state index in [1.807, 2.05) is 24.3 Å². The molecule has 0 aliphatic heterocycles. The van der Waals surface area contributed by atoms with Gasteiger partial charge in [0.1, 0.15) is 0 Å². The number of hydrogen-bond donors (Lipinski definition) is 2. The highest BCUT2D eigenvalue weighted by Crippen LogP contribution is 2.45. The van der Waals surface area contributed by atoms with Crippen molar-refractivity contribution >= 4 is 5.91 Å². The average molecular weight is 281 g/mol. The van der Waals surface area contributed by atoms with Crippen molar-refractivity contribution in [1.29, 1.82) is 0 Å². The van der Waals surface area contributed by atoms with Crippen molar-refractivity contribution in [3.8, 4) is 11.1 Å². The maximum Gasteiger partial charge on any atom is 0.220 e. The van der Waals surface area contributed by atoms with Crippen LogP contribution in [0.5, 0.6) is 0 Å². The van der Waals surface area contributed by atoms with Crippen LogP contribution in [-0.4, -0.2) is 24.2 Å².